The maximum Gasteiger partial charge on any atom is 0.490 e. The van der Waals surface area contributed by atoms with Crippen molar-refractivity contribution >= 4 is 55.9 Å². The van der Waals surface area contributed by atoms with Crippen LogP contribution in [0.15, 0.2) is 73.0 Å². The zero-order valence-corrected chi connectivity index (χ0v) is 31.4. The summed E-state index contributed by atoms with van der Waals surface area (Å²) in [5.41, 5.74) is 6.40. The number of benzene rings is 2. The van der Waals surface area contributed by atoms with Gasteiger partial charge in [-0.25, -0.2) is 22.6 Å². The Bertz CT molecular complexity index is 2160. The zero-order chi connectivity index (χ0) is 41.7. The summed E-state index contributed by atoms with van der Waals surface area (Å²) in [4.78, 5) is 52.5. The van der Waals surface area contributed by atoms with Crippen LogP contribution in [0.5, 0.6) is 5.75 Å². The van der Waals surface area contributed by atoms with E-state index in [0.717, 1.165) is 0 Å². The second-order valence-corrected chi connectivity index (χ2v) is 15.9. The Morgan fingerprint density at radius 2 is 1.77 bits per heavy atom. The van der Waals surface area contributed by atoms with E-state index in [4.69, 9.17) is 20.4 Å². The van der Waals surface area contributed by atoms with Gasteiger partial charge in [-0.15, -0.1) is 0 Å². The summed E-state index contributed by atoms with van der Waals surface area (Å²) in [5.74, 6) is -7.87. The number of hydrogen-bond acceptors (Lipinski definition) is 10. The van der Waals surface area contributed by atoms with Gasteiger partial charge in [0.1, 0.15) is 23.4 Å². The van der Waals surface area contributed by atoms with Crippen LogP contribution in [0.25, 0.3) is 10.8 Å². The van der Waals surface area contributed by atoms with Gasteiger partial charge in [0.15, 0.2) is 14.7 Å². The summed E-state index contributed by atoms with van der Waals surface area (Å²) in [6.07, 6.45) is 2.34. The van der Waals surface area contributed by atoms with E-state index in [-0.39, 0.29) is 25.1 Å². The molecule has 2 amide bonds. The summed E-state index contributed by atoms with van der Waals surface area (Å²) in [5, 5.41) is 23.7. The van der Waals surface area contributed by atoms with Crippen molar-refractivity contribution in [2.24, 2.45) is 11.8 Å². The van der Waals surface area contributed by atoms with E-state index in [1.54, 1.807) is 37.3 Å². The number of aromatic nitrogens is 1. The first-order valence-corrected chi connectivity index (χ1v) is 18.8. The molecule has 1 aliphatic carbocycles. The van der Waals surface area contributed by atoms with Crippen molar-refractivity contribution in [2.75, 3.05) is 24.2 Å². The quantitative estimate of drug-likeness (QED) is 0.165. The molecule has 56 heavy (non-hydrogen) atoms. The molecule has 1 aliphatic heterocycles. The molecular formula is C37H41F4N5O9S. The van der Waals surface area contributed by atoms with Crippen molar-refractivity contribution in [2.45, 2.75) is 62.5 Å². The molecule has 19 heteroatoms. The number of amides is 2. The minimum atomic E-state index is -5.08. The maximum atomic E-state index is 15.8. The molecular weight excluding hydrogens is 766 g/mol. The molecule has 1 saturated heterocycles. The second-order valence-electron chi connectivity index (χ2n) is 13.2. The summed E-state index contributed by atoms with van der Waals surface area (Å²) in [6.45, 7) is 6.08. The molecule has 0 spiro atoms. The van der Waals surface area contributed by atoms with Crippen molar-refractivity contribution in [3.8, 4) is 5.75 Å². The van der Waals surface area contributed by atoms with Crippen LogP contribution in [0, 0.1) is 17.7 Å². The number of hydrogen-bond donors (Lipinski definition) is 5. The number of pyridine rings is 1. The van der Waals surface area contributed by atoms with Gasteiger partial charge in [-0.3, -0.25) is 14.4 Å². The first-order valence-electron chi connectivity index (χ1n) is 17.2. The fourth-order valence-electron chi connectivity index (χ4n) is 6.83. The van der Waals surface area contributed by atoms with E-state index in [1.807, 2.05) is 0 Å². The number of sulfone groups is 1. The normalized spacial score (nSPS) is 21.2. The molecule has 6 N–H and O–H groups in total. The molecule has 2 heterocycles. The number of aliphatic carboxylic acids is 2. The number of carboxylic acid groups (broad SMARTS) is 2. The summed E-state index contributed by atoms with van der Waals surface area (Å²) < 4.78 is 81.3. The molecule has 1 fully saturated rings. The highest BCUT2D eigenvalue weighted by molar-refractivity contribution is 7.93. The topological polar surface area (TPSA) is 218 Å². The molecule has 0 saturated carbocycles. The highest BCUT2D eigenvalue weighted by Crippen LogP contribution is 2.44. The number of allylic oxidation sites excluding steroid dienone is 2. The molecule has 1 aromatic heterocycles. The van der Waals surface area contributed by atoms with Gasteiger partial charge in [0, 0.05) is 42.2 Å². The molecule has 14 nitrogen and oxygen atoms in total. The Kier molecular flexibility index (Phi) is 13.0. The zero-order valence-electron chi connectivity index (χ0n) is 30.6. The Morgan fingerprint density at radius 1 is 1.09 bits per heavy atom. The highest BCUT2D eigenvalue weighted by atomic mass is 32.2. The number of likely N-dealkylation sites (tertiary alicyclic amines) is 1. The summed E-state index contributed by atoms with van der Waals surface area (Å²) in [7, 11) is -4.21. The second kappa shape index (κ2) is 17.0. The third-order valence-electron chi connectivity index (χ3n) is 9.34. The summed E-state index contributed by atoms with van der Waals surface area (Å²) in [6, 6.07) is 8.20. The fraction of sp³-hybridized carbons (Fsp3) is 0.378. The van der Waals surface area contributed by atoms with Crippen molar-refractivity contribution in [3.63, 3.8) is 0 Å². The first kappa shape index (κ1) is 43.0. The predicted octanol–water partition coefficient (Wildman–Crippen LogP) is 4.84. The molecule has 5 atom stereocenters. The number of alkyl halides is 3. The smallest absolute Gasteiger partial charge is 0.490 e. The SMILES string of the molecule is CCOc1ccc(F)c([C@H](Nc2ccc3c(N)nccc3c2)C(=O)N2CCC(C(=O)O)C2C2C=CC=CC2(NC(C)=O)S(=O)(=O)C(C)C)c1.O=C(O)C(F)(F)F. The number of rotatable bonds is 11. The fourth-order valence-corrected chi connectivity index (χ4v) is 8.76. The average Bonchev–Trinajstić information content (AvgIpc) is 3.56. The molecule has 302 valence electrons. The van der Waals surface area contributed by atoms with Gasteiger partial charge in [-0.2, -0.15) is 13.2 Å². The lowest BCUT2D eigenvalue weighted by Gasteiger charge is -2.45. The van der Waals surface area contributed by atoms with Gasteiger partial charge in [0.2, 0.25) is 11.8 Å². The third-order valence-corrected chi connectivity index (χ3v) is 12.0. The number of halogens is 4. The predicted molar refractivity (Wildman–Crippen MR) is 197 cm³/mol. The van der Waals surface area contributed by atoms with Crippen LogP contribution in [-0.4, -0.2) is 87.8 Å². The van der Waals surface area contributed by atoms with Crippen LogP contribution in [0.1, 0.15) is 45.7 Å². The van der Waals surface area contributed by atoms with Gasteiger partial charge in [0.25, 0.3) is 0 Å². The number of ether oxygens (including phenoxy) is 1. The third kappa shape index (κ3) is 8.87. The molecule has 3 aromatic rings. The molecule has 2 aliphatic rings. The molecule has 2 aromatic carbocycles. The number of anilines is 2. The molecule has 4 unspecified atom stereocenters. The minimum absolute atomic E-state index is 0.00584. The lowest BCUT2D eigenvalue weighted by molar-refractivity contribution is -0.192. The minimum Gasteiger partial charge on any atom is -0.494 e. The van der Waals surface area contributed by atoms with E-state index < -0.39 is 79.6 Å². The Morgan fingerprint density at radius 3 is 2.36 bits per heavy atom. The lowest BCUT2D eigenvalue weighted by Crippen LogP contribution is -2.65. The van der Waals surface area contributed by atoms with E-state index in [2.05, 4.69) is 15.6 Å². The van der Waals surface area contributed by atoms with Crippen LogP contribution in [-0.2, 0) is 29.0 Å². The number of fused-ring (bicyclic) bond motifs is 1. The van der Waals surface area contributed by atoms with Crippen molar-refractivity contribution < 1.29 is 60.1 Å². The van der Waals surface area contributed by atoms with Gasteiger partial charge in [-0.05, 0) is 81.1 Å². The van der Waals surface area contributed by atoms with E-state index in [0.29, 0.717) is 28.0 Å². The Balaban J connectivity index is 0.000000908. The number of nitrogens with two attached hydrogens (primary N) is 1. The number of carboxylic acids is 2. The Labute approximate surface area is 319 Å². The number of nitrogens with zero attached hydrogens (tertiary/aromatic N) is 2. The number of nitrogen functional groups attached to an aromatic ring is 1. The lowest BCUT2D eigenvalue weighted by atomic mass is 9.80. The van der Waals surface area contributed by atoms with E-state index >= 15 is 4.39 Å². The van der Waals surface area contributed by atoms with Gasteiger partial charge >= 0.3 is 18.1 Å². The van der Waals surface area contributed by atoms with Crippen molar-refractivity contribution in [1.82, 2.24) is 15.2 Å². The van der Waals surface area contributed by atoms with Crippen LogP contribution in [0.4, 0.5) is 29.1 Å². The van der Waals surface area contributed by atoms with E-state index in [9.17, 15) is 41.1 Å². The van der Waals surface area contributed by atoms with Crippen molar-refractivity contribution in [1.29, 1.82) is 0 Å². The molecule has 0 radical (unpaired) electrons. The molecule has 0 bridgehead atoms. The number of carbonyl (C=O) groups is 4. The first-order chi connectivity index (χ1) is 26.2. The average molecular weight is 808 g/mol. The van der Waals surface area contributed by atoms with Crippen molar-refractivity contribution in [3.05, 3.63) is 84.3 Å². The maximum absolute atomic E-state index is 15.8. The Hall–Kier alpha value is -5.72. The number of carbonyl (C=O) groups excluding carboxylic acids is 2. The standard InChI is InChI=1S/C35H40FN5O7S.C2HF3O2/c1-5-48-24-10-12-29(36)27(19-24)30(39-23-9-11-25-22(18-23)13-16-38-32(25)37)33(43)41-17-14-26(34(44)45)31(41)28-8-6-7-15-35(28,40-21(4)42)49(46,47)20(2)3;3-2(4,5)1(6)7/h6-13,15-16,18-20,26,28,30-31,39H,5,14,17H2,1-4H3,(H2,37,38)(H,40,42)(H,44,45);(H,6,7)/t26?,28?,30-,31?,35?;/m0./s1. The van der Waals surface area contributed by atoms with E-state index in [1.165, 1.54) is 68.3 Å². The highest BCUT2D eigenvalue weighted by Gasteiger charge is 2.58. The summed E-state index contributed by atoms with van der Waals surface area (Å²) >= 11 is 0. The number of nitrogens with one attached hydrogen (secondary N) is 2. The largest absolute Gasteiger partial charge is 0.494 e. The van der Waals surface area contributed by atoms with Crippen LogP contribution < -0.4 is 21.1 Å². The van der Waals surface area contributed by atoms with Gasteiger partial charge < -0.3 is 36.2 Å². The van der Waals surface area contributed by atoms with Crippen LogP contribution in [0.3, 0.4) is 0 Å². The molecule has 5 rings (SSSR count). The monoisotopic (exact) mass is 807 g/mol. The van der Waals surface area contributed by atoms with Gasteiger partial charge in [0.05, 0.1) is 23.8 Å². The van der Waals surface area contributed by atoms with Crippen LogP contribution in [0.2, 0.25) is 0 Å². The van der Waals surface area contributed by atoms with Gasteiger partial charge in [-0.1, -0.05) is 18.2 Å². The van der Waals surface area contributed by atoms with Crippen LogP contribution >= 0.6 is 0 Å².